The van der Waals surface area contributed by atoms with Gasteiger partial charge in [-0.2, -0.15) is 0 Å². The number of carbonyl (C=O) groups is 13. The number of nitrogens with one attached hydrogen (secondary N) is 13. The van der Waals surface area contributed by atoms with Crippen LogP contribution in [-0.2, 0) is 124 Å². The van der Waals surface area contributed by atoms with Crippen molar-refractivity contribution in [2.75, 3.05) is 188 Å². The van der Waals surface area contributed by atoms with Crippen molar-refractivity contribution < 1.29 is 125 Å². The fraction of sp³-hybridized carbons (Fsp3) is 0.637. The first kappa shape index (κ1) is 118. The Labute approximate surface area is 810 Å². The van der Waals surface area contributed by atoms with Crippen molar-refractivity contribution in [1.82, 2.24) is 68.8 Å². The molecule has 41 nitrogen and oxygen atoms in total. The molecule has 1 aliphatic rings. The number of hydrogen-bond donors (Lipinski definition) is 19. The highest BCUT2D eigenvalue weighted by Gasteiger charge is 2.38. The highest BCUT2D eigenvalue weighted by Crippen LogP contribution is 2.26. The zero-order valence-electron chi connectivity index (χ0n) is 78.3. The molecule has 4 aromatic rings. The third-order valence-corrected chi connectivity index (χ3v) is 25.5. The van der Waals surface area contributed by atoms with Crippen LogP contribution in [0, 0.1) is 5.41 Å². The zero-order valence-corrected chi connectivity index (χ0v) is 81.5. The van der Waals surface area contributed by atoms with Gasteiger partial charge in [-0.15, -0.1) is 0 Å². The van der Waals surface area contributed by atoms with Crippen molar-refractivity contribution in [3.05, 3.63) is 108 Å². The minimum atomic E-state index is -1.77. The summed E-state index contributed by atoms with van der Waals surface area (Å²) in [6.45, 7) is 9.64. The Morgan fingerprint density at radius 2 is 1.05 bits per heavy atom. The number of fused-ring (bicyclic) bond motifs is 1. The zero-order chi connectivity index (χ0) is 98.9. The lowest BCUT2D eigenvalue weighted by Crippen LogP contribution is -2.62. The number of ether oxygens (including phenoxy) is 9. The third-order valence-electron chi connectivity index (χ3n) is 20.7. The molecule has 5 rings (SSSR count). The van der Waals surface area contributed by atoms with Crippen LogP contribution in [0.4, 0.5) is 0 Å². The molecule has 0 aliphatic carbocycles. The van der Waals surface area contributed by atoms with Gasteiger partial charge in [0.05, 0.1) is 150 Å². The van der Waals surface area contributed by atoms with E-state index in [2.05, 4.69) is 68.8 Å². The average molecular weight is 1990 g/mol. The van der Waals surface area contributed by atoms with E-state index in [-0.39, 0.29) is 230 Å². The number of hydrogen-bond acceptors (Lipinski definition) is 32. The predicted octanol–water partition coefficient (Wildman–Crippen LogP) is -1.01. The molecule has 136 heavy (non-hydrogen) atoms. The number of rotatable bonds is 57. The van der Waals surface area contributed by atoms with Crippen LogP contribution in [0.2, 0.25) is 0 Å². The molecule has 1 fully saturated rings. The summed E-state index contributed by atoms with van der Waals surface area (Å²) in [6, 6.07) is 14.2. The number of aromatic nitrogens is 1. The van der Waals surface area contributed by atoms with E-state index in [0.29, 0.717) is 56.2 Å². The lowest BCUT2D eigenvalue weighted by atomic mass is 9.85. The van der Waals surface area contributed by atoms with Gasteiger partial charge in [-0.3, -0.25) is 57.5 Å². The van der Waals surface area contributed by atoms with E-state index >= 15 is 9.59 Å². The van der Waals surface area contributed by atoms with E-state index < -0.39 is 144 Å². The highest BCUT2D eigenvalue weighted by molar-refractivity contribution is 8.77. The number of unbranched alkanes of at least 4 members (excludes halogenated alkanes) is 1. The Morgan fingerprint density at radius 1 is 0.537 bits per heavy atom. The van der Waals surface area contributed by atoms with Crippen LogP contribution in [0.5, 0.6) is 0 Å². The summed E-state index contributed by atoms with van der Waals surface area (Å²) in [5.41, 5.74) is 13.9. The summed E-state index contributed by atoms with van der Waals surface area (Å²) in [6.07, 6.45) is -2.11. The van der Waals surface area contributed by atoms with E-state index in [9.17, 15) is 73.2 Å². The molecular formula is C91H143N15O26S4. The third kappa shape index (κ3) is 50.8. The smallest absolute Gasteiger partial charge is 0.245 e. The van der Waals surface area contributed by atoms with Gasteiger partial charge >= 0.3 is 0 Å². The number of Topliss-reactive ketones (excluding diaryl/α,β-unsaturated/α-hetero) is 1. The van der Waals surface area contributed by atoms with Crippen molar-refractivity contribution in [2.45, 2.75) is 178 Å². The molecule has 1 saturated heterocycles. The number of aliphatic hydroxyl groups excluding tert-OH is 4. The number of carbonyl (C=O) groups excluding carboxylic acids is 13. The van der Waals surface area contributed by atoms with E-state index in [1.54, 1.807) is 60.7 Å². The van der Waals surface area contributed by atoms with Crippen LogP contribution in [-0.4, -0.2) is 357 Å². The lowest BCUT2D eigenvalue weighted by Gasteiger charge is -2.30. The normalized spacial score (nSPS) is 19.5. The van der Waals surface area contributed by atoms with Gasteiger partial charge in [0.15, 0.2) is 0 Å². The molecular weight excluding hydrogens is 1850 g/mol. The van der Waals surface area contributed by atoms with Crippen molar-refractivity contribution in [3.8, 4) is 0 Å². The number of ketones is 1. The number of nitrogens with two attached hydrogens (primary N) is 2. The van der Waals surface area contributed by atoms with Crippen LogP contribution in [0.25, 0.3) is 10.9 Å². The molecule has 3 unspecified atom stereocenters. The second-order valence-corrected chi connectivity index (χ2v) is 37.6. The molecule has 45 heteroatoms. The van der Waals surface area contributed by atoms with E-state index in [4.69, 9.17) is 54.1 Å². The molecule has 12 atom stereocenters. The summed E-state index contributed by atoms with van der Waals surface area (Å²) >= 11 is 0. The second-order valence-electron chi connectivity index (χ2n) is 32.3. The van der Waals surface area contributed by atoms with Gasteiger partial charge in [-0.05, 0) is 94.5 Å². The van der Waals surface area contributed by atoms with Crippen LogP contribution < -0.4 is 75.3 Å². The van der Waals surface area contributed by atoms with Gasteiger partial charge in [0.1, 0.15) is 48.1 Å². The fourth-order valence-electron chi connectivity index (χ4n) is 13.3. The molecule has 21 N–H and O–H groups in total. The summed E-state index contributed by atoms with van der Waals surface area (Å²) in [4.78, 5) is 184. The number of aromatic amines is 1. The Hall–Kier alpha value is -8.69. The molecule has 0 saturated carbocycles. The maximum absolute atomic E-state index is 15.2. The van der Waals surface area contributed by atoms with Crippen LogP contribution in [0.15, 0.2) is 91.0 Å². The number of para-hydroxylation sites is 1. The number of aliphatic hydroxyl groups is 4. The average Bonchev–Trinajstić information content (AvgIpc) is 1.71. The Kier molecular flexibility index (Phi) is 61.4. The number of benzene rings is 3. The predicted molar refractivity (Wildman–Crippen MR) is 517 cm³/mol. The molecule has 1 aromatic heterocycles. The van der Waals surface area contributed by atoms with Crippen molar-refractivity contribution in [3.63, 3.8) is 0 Å². The quantitative estimate of drug-likeness (QED) is 0.0186. The highest BCUT2D eigenvalue weighted by atomic mass is 33.1. The molecule has 0 radical (unpaired) electrons. The SMILES string of the molecule is CCCOCCOCCNC(=O)CCOCC(CO)(COCCC(=O)NCCOCCOCCOCCOCCOCCC(=O)N[C@H]1CCC(=O)NCCSSC[C@@H](C(=O)N[C@H](CO)C(C)O)NC(=O)[C@H](C(C)O)NC(=O)[C@H](CCCCN)NC(=O)[C@@H](Cc2cc3ccccc3[nH]2)NC(=O)[C@H](Cc2ccccc2)NC(=O)[C@@H](NC(=O)[C@H](N)Cc2ccccc2)CSSCCNC1=O)CC(C)=O. The molecule has 3 aromatic carbocycles. The summed E-state index contributed by atoms with van der Waals surface area (Å²) in [7, 11) is 4.67. The maximum atomic E-state index is 15.2. The number of amides is 12. The minimum Gasteiger partial charge on any atom is -0.396 e. The molecule has 762 valence electrons. The van der Waals surface area contributed by atoms with Gasteiger partial charge < -0.3 is 148 Å². The van der Waals surface area contributed by atoms with Crippen molar-refractivity contribution >= 4 is 131 Å². The first-order chi connectivity index (χ1) is 65.7. The van der Waals surface area contributed by atoms with E-state index in [1.807, 2.05) is 37.3 Å². The first-order valence-electron chi connectivity index (χ1n) is 46.0. The van der Waals surface area contributed by atoms with Gasteiger partial charge in [-0.25, -0.2) is 0 Å². The molecule has 0 spiro atoms. The van der Waals surface area contributed by atoms with Gasteiger partial charge in [0.2, 0.25) is 70.9 Å². The van der Waals surface area contributed by atoms with Crippen LogP contribution in [0.3, 0.4) is 0 Å². The minimum absolute atomic E-state index is 0.0174. The van der Waals surface area contributed by atoms with E-state index in [0.717, 1.165) is 39.0 Å². The Morgan fingerprint density at radius 3 is 1.61 bits per heavy atom. The van der Waals surface area contributed by atoms with Crippen molar-refractivity contribution in [1.29, 1.82) is 0 Å². The monoisotopic (exact) mass is 1990 g/mol. The second kappa shape index (κ2) is 70.9. The van der Waals surface area contributed by atoms with Gasteiger partial charge in [-0.1, -0.05) is 129 Å². The molecule has 12 amide bonds. The number of H-pyrrole nitrogens is 1. The topological polar surface area (TPSA) is 598 Å². The molecule has 1 aliphatic heterocycles. The Bertz CT molecular complexity index is 4130. The summed E-state index contributed by atoms with van der Waals surface area (Å²) in [5, 5.41) is 75.3. The largest absolute Gasteiger partial charge is 0.396 e. The van der Waals surface area contributed by atoms with Gasteiger partial charge in [0.25, 0.3) is 0 Å². The lowest BCUT2D eigenvalue weighted by molar-refractivity contribution is -0.136. The fourth-order valence-corrected chi connectivity index (χ4v) is 17.4. The van der Waals surface area contributed by atoms with Crippen LogP contribution >= 0.6 is 43.2 Å². The first-order valence-corrected chi connectivity index (χ1v) is 51.0. The standard InChI is InChI=1S/C91H143N15O26S4/c1-5-33-124-39-41-126-37-29-94-79(113)25-35-131-60-91(59-108,55-62(2)109)61-132-36-26-80(114)95-30-38-127-42-44-129-46-48-130-47-45-128-43-40-125-34-27-81(115)99-72-23-24-78(112)96-31-49-133-136-58-77(89(122)103-75(56-107)63(3)110)105-90(123)82(64(4)111)106-85(118)71(22-14-15-28-92)100-87(120)74(54-68-53-67-20-12-13-21-70(67)98-68)102-86(119)73(52-66-18-10-7-11-19-66)101-88(121)76(57-135-134-50-32-97-84(72)117)104-83(116)69(93)51-65-16-8-6-9-17-65/h6-13,16-21,53,63-64,69,71-77,82,98,107-108,110-111H,5,14-15,22-52,54-61,92-93H2,1-4H3,(H,94,113)(H,95,114)(H,96,112)(H,97,117)(H,99,115)(H,100,120)(H,101,121)(H,102,119)(H,103,122)(H,104,116)(H,105,123)(H,106,118)/t63?,64?,69-,71+,72+,73+,74-,75-,76+,77+,82+,91?/m1/s1. The maximum Gasteiger partial charge on any atom is 0.245 e. The summed E-state index contributed by atoms with van der Waals surface area (Å²) < 4.78 is 50.2. The van der Waals surface area contributed by atoms with Gasteiger partial charge in [0, 0.05) is 117 Å². The molecule has 2 heterocycles. The Balaban J connectivity index is 1.17. The summed E-state index contributed by atoms with van der Waals surface area (Å²) in [5.74, 6) is -8.29. The van der Waals surface area contributed by atoms with E-state index in [1.165, 1.54) is 42.4 Å². The van der Waals surface area contributed by atoms with Crippen LogP contribution in [0.1, 0.15) is 109 Å². The van der Waals surface area contributed by atoms with Crippen molar-refractivity contribution in [2.24, 2.45) is 16.9 Å². The molecule has 0 bridgehead atoms.